The molecule has 0 spiro atoms. The zero-order valence-corrected chi connectivity index (χ0v) is 12.4. The van der Waals surface area contributed by atoms with Gasteiger partial charge in [0.1, 0.15) is 11.6 Å². The van der Waals surface area contributed by atoms with Gasteiger partial charge in [0.15, 0.2) is 0 Å². The van der Waals surface area contributed by atoms with E-state index in [-0.39, 0.29) is 16.5 Å². The normalized spacial score (nSPS) is 15.6. The molecule has 0 unspecified atom stereocenters. The van der Waals surface area contributed by atoms with Crippen molar-refractivity contribution in [2.75, 3.05) is 13.2 Å². The average molecular weight is 299 g/mol. The molecule has 22 heavy (non-hydrogen) atoms. The lowest BCUT2D eigenvalue weighted by molar-refractivity contribution is 0.0926. The Labute approximate surface area is 127 Å². The summed E-state index contributed by atoms with van der Waals surface area (Å²) in [6.07, 6.45) is 3.79. The number of nitriles is 1. The Bertz CT molecular complexity index is 869. The molecule has 2 aromatic rings. The molecule has 1 fully saturated rings. The zero-order chi connectivity index (χ0) is 15.7. The van der Waals surface area contributed by atoms with Crippen LogP contribution in [0, 0.1) is 16.7 Å². The molecule has 6 nitrogen and oxygen atoms in total. The van der Waals surface area contributed by atoms with Gasteiger partial charge in [-0.3, -0.25) is 9.59 Å². The lowest BCUT2D eigenvalue weighted by Crippen LogP contribution is -2.27. The summed E-state index contributed by atoms with van der Waals surface area (Å²) in [5, 5.41) is 9.30. The van der Waals surface area contributed by atoms with Gasteiger partial charge in [0, 0.05) is 24.8 Å². The van der Waals surface area contributed by atoms with Crippen LogP contribution in [0.15, 0.2) is 27.9 Å². The second kappa shape index (κ2) is 5.43. The topological polar surface area (TPSA) is 87.9 Å². The van der Waals surface area contributed by atoms with E-state index in [9.17, 15) is 9.59 Å². The minimum Gasteiger partial charge on any atom is -0.381 e. The molecule has 114 valence electrons. The molecule has 6 heteroatoms. The van der Waals surface area contributed by atoms with Crippen LogP contribution in [0.5, 0.6) is 0 Å². The third-order valence-electron chi connectivity index (χ3n) is 4.18. The Morgan fingerprint density at radius 2 is 2.23 bits per heavy atom. The number of nitrogens with one attached hydrogen (secondary N) is 1. The molecule has 0 radical (unpaired) electrons. The van der Waals surface area contributed by atoms with Gasteiger partial charge in [0.2, 0.25) is 0 Å². The summed E-state index contributed by atoms with van der Waals surface area (Å²) in [5.41, 5.74) is -0.193. The third kappa shape index (κ3) is 2.55. The summed E-state index contributed by atoms with van der Waals surface area (Å²) < 4.78 is 7.15. The van der Waals surface area contributed by atoms with E-state index in [1.54, 1.807) is 16.8 Å². The molecule has 0 saturated heterocycles. The molecule has 1 N–H and O–H groups in total. The molecule has 2 aromatic heterocycles. The molecular formula is C16H17N3O3. The van der Waals surface area contributed by atoms with Crippen molar-refractivity contribution in [3.05, 3.63) is 44.6 Å². The first-order chi connectivity index (χ1) is 10.6. The van der Waals surface area contributed by atoms with Crippen LogP contribution in [0.3, 0.4) is 0 Å². The molecule has 0 bridgehead atoms. The largest absolute Gasteiger partial charge is 0.381 e. The lowest BCUT2D eigenvalue weighted by Gasteiger charge is -2.17. The number of rotatable bonds is 5. The van der Waals surface area contributed by atoms with E-state index in [0.717, 1.165) is 12.8 Å². The van der Waals surface area contributed by atoms with Crippen molar-refractivity contribution >= 4 is 10.9 Å². The minimum atomic E-state index is -0.470. The van der Waals surface area contributed by atoms with Crippen LogP contribution in [0.25, 0.3) is 10.9 Å². The van der Waals surface area contributed by atoms with Crippen LogP contribution in [-0.2, 0) is 11.3 Å². The number of nitrogens with zero attached hydrogens (tertiary/aromatic N) is 2. The van der Waals surface area contributed by atoms with Gasteiger partial charge in [-0.2, -0.15) is 5.26 Å². The van der Waals surface area contributed by atoms with Gasteiger partial charge in [0.25, 0.3) is 11.1 Å². The number of ether oxygens (including phenoxy) is 1. The molecular weight excluding hydrogens is 282 g/mol. The van der Waals surface area contributed by atoms with Gasteiger partial charge in [-0.1, -0.05) is 0 Å². The number of aromatic amines is 1. The highest BCUT2D eigenvalue weighted by molar-refractivity contribution is 5.78. The van der Waals surface area contributed by atoms with Crippen molar-refractivity contribution < 1.29 is 4.74 Å². The number of aromatic nitrogens is 2. The van der Waals surface area contributed by atoms with Gasteiger partial charge in [-0.25, -0.2) is 0 Å². The van der Waals surface area contributed by atoms with E-state index in [1.807, 2.05) is 13.0 Å². The Balaban J connectivity index is 2.00. The molecule has 3 rings (SSSR count). The highest BCUT2D eigenvalue weighted by atomic mass is 16.5. The van der Waals surface area contributed by atoms with Crippen molar-refractivity contribution in [2.45, 2.75) is 26.3 Å². The molecule has 0 aromatic carbocycles. The summed E-state index contributed by atoms with van der Waals surface area (Å²) in [5.74, 6) is 0. The number of pyridine rings is 2. The SMILES string of the molecule is CCOCC1(Cn2ccc3[nH]c(=O)c(C#N)cc3c2=O)CC1. The summed E-state index contributed by atoms with van der Waals surface area (Å²) in [7, 11) is 0. The minimum absolute atomic E-state index is 0.0437. The number of hydrogen-bond acceptors (Lipinski definition) is 4. The van der Waals surface area contributed by atoms with Gasteiger partial charge >= 0.3 is 0 Å². The molecule has 1 aliphatic rings. The molecule has 1 saturated carbocycles. The summed E-state index contributed by atoms with van der Waals surface area (Å²) >= 11 is 0. The van der Waals surface area contributed by atoms with E-state index < -0.39 is 5.56 Å². The van der Waals surface area contributed by atoms with Crippen molar-refractivity contribution in [1.82, 2.24) is 9.55 Å². The fraction of sp³-hybridized carbons (Fsp3) is 0.438. The molecule has 0 amide bonds. The number of H-pyrrole nitrogens is 1. The maximum Gasteiger partial charge on any atom is 0.266 e. The fourth-order valence-electron chi connectivity index (χ4n) is 2.65. The van der Waals surface area contributed by atoms with Crippen molar-refractivity contribution in [2.24, 2.45) is 5.41 Å². The van der Waals surface area contributed by atoms with Gasteiger partial charge in [-0.05, 0) is 31.9 Å². The Morgan fingerprint density at radius 3 is 2.86 bits per heavy atom. The van der Waals surface area contributed by atoms with Gasteiger partial charge in [0.05, 0.1) is 17.5 Å². The van der Waals surface area contributed by atoms with Crippen LogP contribution >= 0.6 is 0 Å². The van der Waals surface area contributed by atoms with Crippen molar-refractivity contribution in [3.63, 3.8) is 0 Å². The quantitative estimate of drug-likeness (QED) is 0.903. The van der Waals surface area contributed by atoms with Crippen LogP contribution < -0.4 is 11.1 Å². The predicted octanol–water partition coefficient (Wildman–Crippen LogP) is 1.38. The lowest BCUT2D eigenvalue weighted by atomic mass is 10.1. The first-order valence-electron chi connectivity index (χ1n) is 7.33. The second-order valence-corrected chi connectivity index (χ2v) is 5.84. The highest BCUT2D eigenvalue weighted by Gasteiger charge is 2.43. The first kappa shape index (κ1) is 14.5. The van der Waals surface area contributed by atoms with E-state index in [1.165, 1.54) is 6.07 Å². The Morgan fingerprint density at radius 1 is 1.45 bits per heavy atom. The van der Waals surface area contributed by atoms with Crippen LogP contribution in [0.2, 0.25) is 0 Å². The first-order valence-corrected chi connectivity index (χ1v) is 7.33. The maximum absolute atomic E-state index is 12.6. The molecule has 1 aliphatic carbocycles. The Kier molecular flexibility index (Phi) is 3.59. The van der Waals surface area contributed by atoms with Crippen LogP contribution in [0.1, 0.15) is 25.3 Å². The Hall–Kier alpha value is -2.39. The standard InChI is InChI=1S/C16H17N3O3/c1-2-22-10-16(4-5-16)9-19-6-3-13-12(15(19)21)7-11(8-17)14(20)18-13/h3,6-7H,2,4-5,9-10H2,1H3,(H,18,20). The molecule has 0 aliphatic heterocycles. The fourth-order valence-corrected chi connectivity index (χ4v) is 2.65. The van der Waals surface area contributed by atoms with Gasteiger partial charge in [-0.15, -0.1) is 0 Å². The summed E-state index contributed by atoms with van der Waals surface area (Å²) in [6, 6.07) is 4.89. The monoisotopic (exact) mass is 299 g/mol. The van der Waals surface area contributed by atoms with Crippen LogP contribution in [-0.4, -0.2) is 22.8 Å². The maximum atomic E-state index is 12.6. The van der Waals surface area contributed by atoms with Gasteiger partial charge < -0.3 is 14.3 Å². The molecule has 2 heterocycles. The van der Waals surface area contributed by atoms with Crippen molar-refractivity contribution in [1.29, 1.82) is 5.26 Å². The van der Waals surface area contributed by atoms with Crippen molar-refractivity contribution in [3.8, 4) is 6.07 Å². The van der Waals surface area contributed by atoms with E-state index in [4.69, 9.17) is 10.00 Å². The smallest absolute Gasteiger partial charge is 0.266 e. The van der Waals surface area contributed by atoms with E-state index >= 15 is 0 Å². The second-order valence-electron chi connectivity index (χ2n) is 5.84. The van der Waals surface area contributed by atoms with Crippen LogP contribution in [0.4, 0.5) is 0 Å². The third-order valence-corrected chi connectivity index (χ3v) is 4.18. The zero-order valence-electron chi connectivity index (χ0n) is 12.4. The summed E-state index contributed by atoms with van der Waals surface area (Å²) in [6.45, 7) is 3.88. The average Bonchev–Trinajstić information content (AvgIpc) is 3.28. The number of hydrogen-bond donors (Lipinski definition) is 1. The molecule has 0 atom stereocenters. The van der Waals surface area contributed by atoms with E-state index in [2.05, 4.69) is 4.98 Å². The highest BCUT2D eigenvalue weighted by Crippen LogP contribution is 2.47. The predicted molar refractivity (Wildman–Crippen MR) is 81.7 cm³/mol. The summed E-state index contributed by atoms with van der Waals surface area (Å²) in [4.78, 5) is 26.8. The van der Waals surface area contributed by atoms with E-state index in [0.29, 0.717) is 30.7 Å². The number of fused-ring (bicyclic) bond motifs is 1.